The molecule has 5 heteroatoms. The molecule has 0 spiro atoms. The molecule has 0 aliphatic carbocycles. The maximum absolute atomic E-state index is 12.4. The van der Waals surface area contributed by atoms with Crippen LogP contribution in [0.3, 0.4) is 0 Å². The van der Waals surface area contributed by atoms with Crippen molar-refractivity contribution in [2.45, 2.75) is 0 Å². The van der Waals surface area contributed by atoms with Crippen LogP contribution in [0.1, 0.15) is 15.9 Å². The van der Waals surface area contributed by atoms with Gasteiger partial charge in [0.2, 0.25) is 0 Å². The number of benzene rings is 4. The lowest BCUT2D eigenvalue weighted by molar-refractivity contribution is 0.0955. The first kappa shape index (κ1) is 17.5. The molecule has 0 unspecified atom stereocenters. The maximum Gasteiger partial charge on any atom is 0.271 e. The van der Waals surface area contributed by atoms with E-state index in [-0.39, 0.29) is 11.7 Å². The van der Waals surface area contributed by atoms with Crippen LogP contribution in [0, 0.1) is 0 Å². The molecule has 0 fully saturated rings. The number of hydrogen-bond acceptors (Lipinski definition) is 4. The van der Waals surface area contributed by atoms with Crippen molar-refractivity contribution < 1.29 is 14.6 Å². The van der Waals surface area contributed by atoms with Gasteiger partial charge in [0.15, 0.2) is 0 Å². The van der Waals surface area contributed by atoms with Crippen LogP contribution in [-0.4, -0.2) is 24.3 Å². The molecule has 4 aromatic rings. The van der Waals surface area contributed by atoms with Crippen molar-refractivity contribution in [3.8, 4) is 11.5 Å². The van der Waals surface area contributed by atoms with E-state index in [1.54, 1.807) is 25.3 Å². The van der Waals surface area contributed by atoms with E-state index in [1.807, 2.05) is 54.6 Å². The maximum atomic E-state index is 12.4. The fourth-order valence-corrected chi connectivity index (χ4v) is 3.13. The summed E-state index contributed by atoms with van der Waals surface area (Å²) in [4.78, 5) is 12.4. The molecule has 0 aromatic heterocycles. The molecule has 0 heterocycles. The van der Waals surface area contributed by atoms with E-state index >= 15 is 0 Å². The molecule has 4 aromatic carbocycles. The highest BCUT2D eigenvalue weighted by molar-refractivity contribution is 6.03. The summed E-state index contributed by atoms with van der Waals surface area (Å²) in [5.74, 6) is 0.550. The number of fused-ring (bicyclic) bond motifs is 2. The van der Waals surface area contributed by atoms with Gasteiger partial charge >= 0.3 is 0 Å². The minimum absolute atomic E-state index is 0.108. The number of hydrazone groups is 1. The van der Waals surface area contributed by atoms with Gasteiger partial charge in [-0.05, 0) is 51.9 Å². The van der Waals surface area contributed by atoms with E-state index in [2.05, 4.69) is 10.5 Å². The van der Waals surface area contributed by atoms with Crippen molar-refractivity contribution in [2.24, 2.45) is 5.10 Å². The van der Waals surface area contributed by atoms with Crippen molar-refractivity contribution >= 4 is 33.7 Å². The van der Waals surface area contributed by atoms with E-state index in [0.29, 0.717) is 11.1 Å². The van der Waals surface area contributed by atoms with E-state index in [4.69, 9.17) is 4.74 Å². The summed E-state index contributed by atoms with van der Waals surface area (Å²) in [7, 11) is 1.62. The third kappa shape index (κ3) is 3.38. The quantitative estimate of drug-likeness (QED) is 0.411. The Bertz CT molecular complexity index is 1220. The van der Waals surface area contributed by atoms with Gasteiger partial charge in [0.25, 0.3) is 5.91 Å². The molecular formula is C23H18N2O3. The van der Waals surface area contributed by atoms with Crippen molar-refractivity contribution in [1.82, 2.24) is 5.43 Å². The third-order valence-corrected chi connectivity index (χ3v) is 4.62. The van der Waals surface area contributed by atoms with Gasteiger partial charge < -0.3 is 9.84 Å². The zero-order valence-electron chi connectivity index (χ0n) is 15.2. The average Bonchev–Trinajstić information content (AvgIpc) is 2.74. The number of ether oxygens (including phenoxy) is 1. The molecule has 0 aliphatic rings. The summed E-state index contributed by atoms with van der Waals surface area (Å²) in [6.45, 7) is 0. The lowest BCUT2D eigenvalue weighted by Crippen LogP contribution is -2.17. The van der Waals surface area contributed by atoms with Gasteiger partial charge in [0.1, 0.15) is 11.5 Å². The summed E-state index contributed by atoms with van der Waals surface area (Å²) in [6.07, 6.45) is 1.46. The van der Waals surface area contributed by atoms with Gasteiger partial charge in [-0.25, -0.2) is 5.43 Å². The number of hydrogen-bond donors (Lipinski definition) is 2. The molecule has 2 N–H and O–H groups in total. The van der Waals surface area contributed by atoms with Gasteiger partial charge in [-0.3, -0.25) is 4.79 Å². The first-order valence-electron chi connectivity index (χ1n) is 8.77. The number of nitrogens with one attached hydrogen (secondary N) is 1. The van der Waals surface area contributed by atoms with E-state index in [1.165, 1.54) is 6.21 Å². The Kier molecular flexibility index (Phi) is 4.64. The number of rotatable bonds is 4. The standard InChI is InChI=1S/C23H18N2O3/c1-28-19-10-8-16-12-18(7-6-17(16)13-19)23(27)25-24-14-21-20-5-3-2-4-15(20)9-11-22(21)26/h2-14,26H,1H3,(H,25,27)/b24-14-. The number of phenolic OH excluding ortho intramolecular Hbond substituents is 1. The van der Waals surface area contributed by atoms with Crippen LogP contribution in [0.5, 0.6) is 11.5 Å². The van der Waals surface area contributed by atoms with Crippen molar-refractivity contribution in [1.29, 1.82) is 0 Å². The highest BCUT2D eigenvalue weighted by Gasteiger charge is 2.07. The molecule has 4 rings (SSSR count). The zero-order valence-corrected chi connectivity index (χ0v) is 15.2. The molecule has 0 atom stereocenters. The summed E-state index contributed by atoms with van der Waals surface area (Å²) < 4.78 is 5.22. The first-order chi connectivity index (χ1) is 13.7. The normalized spacial score (nSPS) is 11.2. The van der Waals surface area contributed by atoms with E-state index in [9.17, 15) is 9.90 Å². The van der Waals surface area contributed by atoms with Crippen LogP contribution in [0.2, 0.25) is 0 Å². The predicted octanol–water partition coefficient (Wildman–Crippen LogP) is 4.47. The number of aromatic hydroxyl groups is 1. The van der Waals surface area contributed by atoms with Gasteiger partial charge in [-0.15, -0.1) is 0 Å². The Morgan fingerprint density at radius 2 is 1.71 bits per heavy atom. The highest BCUT2D eigenvalue weighted by Crippen LogP contribution is 2.25. The SMILES string of the molecule is COc1ccc2cc(C(=O)N/N=C\c3c(O)ccc4ccccc34)ccc2c1. The fourth-order valence-electron chi connectivity index (χ4n) is 3.13. The number of methoxy groups -OCH3 is 1. The van der Waals surface area contributed by atoms with E-state index in [0.717, 1.165) is 27.3 Å². The Morgan fingerprint density at radius 3 is 2.57 bits per heavy atom. The average molecular weight is 370 g/mol. The summed E-state index contributed by atoms with van der Waals surface area (Å²) in [5, 5.41) is 17.9. The number of carbonyl (C=O) groups excluding carboxylic acids is 1. The van der Waals surface area contributed by atoms with Gasteiger partial charge in [0.05, 0.1) is 13.3 Å². The fraction of sp³-hybridized carbons (Fsp3) is 0.0435. The second-order valence-corrected chi connectivity index (χ2v) is 6.35. The smallest absolute Gasteiger partial charge is 0.271 e. The van der Waals surface area contributed by atoms with Crippen molar-refractivity contribution in [3.05, 3.63) is 83.9 Å². The Balaban J connectivity index is 1.56. The van der Waals surface area contributed by atoms with Crippen LogP contribution < -0.4 is 10.2 Å². The molecule has 0 saturated carbocycles. The van der Waals surface area contributed by atoms with Crippen molar-refractivity contribution in [2.75, 3.05) is 7.11 Å². The summed E-state index contributed by atoms with van der Waals surface area (Å²) >= 11 is 0. The zero-order chi connectivity index (χ0) is 19.5. The van der Waals surface area contributed by atoms with Crippen LogP contribution >= 0.6 is 0 Å². The highest BCUT2D eigenvalue weighted by atomic mass is 16.5. The monoisotopic (exact) mass is 370 g/mol. The number of nitrogens with zero attached hydrogens (tertiary/aromatic N) is 1. The lowest BCUT2D eigenvalue weighted by atomic mass is 10.0. The number of amides is 1. The van der Waals surface area contributed by atoms with Gasteiger partial charge in [-0.2, -0.15) is 5.10 Å². The predicted molar refractivity (Wildman–Crippen MR) is 111 cm³/mol. The molecule has 0 saturated heterocycles. The molecule has 0 radical (unpaired) electrons. The minimum Gasteiger partial charge on any atom is -0.507 e. The molecule has 138 valence electrons. The number of carbonyl (C=O) groups is 1. The topological polar surface area (TPSA) is 70.9 Å². The lowest BCUT2D eigenvalue weighted by Gasteiger charge is -2.06. The summed E-state index contributed by atoms with van der Waals surface area (Å²) in [5.41, 5.74) is 3.58. The Labute approximate surface area is 161 Å². The molecule has 0 bridgehead atoms. The first-order valence-corrected chi connectivity index (χ1v) is 8.77. The van der Waals surface area contributed by atoms with Gasteiger partial charge in [0, 0.05) is 11.1 Å². The van der Waals surface area contributed by atoms with Crippen LogP contribution in [-0.2, 0) is 0 Å². The Morgan fingerprint density at radius 1 is 0.964 bits per heavy atom. The third-order valence-electron chi connectivity index (χ3n) is 4.62. The van der Waals surface area contributed by atoms with E-state index < -0.39 is 0 Å². The minimum atomic E-state index is -0.325. The van der Waals surface area contributed by atoms with Gasteiger partial charge in [-0.1, -0.05) is 42.5 Å². The molecule has 28 heavy (non-hydrogen) atoms. The second-order valence-electron chi connectivity index (χ2n) is 6.35. The second kappa shape index (κ2) is 7.40. The van der Waals surface area contributed by atoms with Crippen LogP contribution in [0.4, 0.5) is 0 Å². The van der Waals surface area contributed by atoms with Crippen molar-refractivity contribution in [3.63, 3.8) is 0 Å². The van der Waals surface area contributed by atoms with Crippen LogP contribution in [0.25, 0.3) is 21.5 Å². The molecule has 5 nitrogen and oxygen atoms in total. The largest absolute Gasteiger partial charge is 0.507 e. The van der Waals surface area contributed by atoms with Crippen LogP contribution in [0.15, 0.2) is 77.9 Å². The molecule has 1 amide bonds. The number of phenols is 1. The molecule has 0 aliphatic heterocycles. The summed E-state index contributed by atoms with van der Waals surface area (Å²) in [6, 6.07) is 22.2. The molecular weight excluding hydrogens is 352 g/mol. The Hall–Kier alpha value is -3.86.